The molecule has 25 heavy (non-hydrogen) atoms. The molecule has 1 heterocycles. The molecule has 1 aliphatic carbocycles. The smallest absolute Gasteiger partial charge is 0.309 e. The number of aromatic nitrogens is 1. The second-order valence-corrected chi connectivity index (χ2v) is 7.31. The van der Waals surface area contributed by atoms with Crippen molar-refractivity contribution in [2.24, 2.45) is 5.92 Å². The van der Waals surface area contributed by atoms with E-state index >= 15 is 0 Å². The van der Waals surface area contributed by atoms with Gasteiger partial charge in [-0.15, -0.1) is 0 Å². The number of nitrogens with zero attached hydrogens (tertiary/aromatic N) is 1. The van der Waals surface area contributed by atoms with Crippen LogP contribution in [-0.2, 0) is 9.53 Å². The average molecular weight is 342 g/mol. The Bertz CT molecular complexity index is 755. The van der Waals surface area contributed by atoms with Gasteiger partial charge in [-0.2, -0.15) is 0 Å². The molecule has 0 bridgehead atoms. The molecule has 6 nitrogen and oxygen atoms in total. The fourth-order valence-corrected chi connectivity index (χ4v) is 2.70. The molecule has 1 N–H and O–H groups in total. The predicted octanol–water partition coefficient (Wildman–Crippen LogP) is 3.19. The number of hydrogen-bond acceptors (Lipinski definition) is 5. The lowest BCUT2D eigenvalue weighted by Gasteiger charge is -2.35. The van der Waals surface area contributed by atoms with E-state index in [1.54, 1.807) is 6.07 Å². The molecular weight excluding hydrogens is 320 g/mol. The molecule has 1 aliphatic rings. The number of amides is 1. The molecule has 0 saturated heterocycles. The minimum Gasteiger partial charge on any atom is -0.460 e. The van der Waals surface area contributed by atoms with Crippen molar-refractivity contribution < 1.29 is 18.8 Å². The zero-order valence-corrected chi connectivity index (χ0v) is 14.6. The highest BCUT2D eigenvalue weighted by Gasteiger charge is 2.38. The van der Waals surface area contributed by atoms with Gasteiger partial charge in [0, 0.05) is 17.7 Å². The van der Waals surface area contributed by atoms with E-state index in [1.165, 1.54) is 0 Å². The minimum absolute atomic E-state index is 0.0460. The first-order chi connectivity index (χ1) is 11.8. The highest BCUT2D eigenvalue weighted by molar-refractivity contribution is 5.92. The Morgan fingerprint density at radius 3 is 2.52 bits per heavy atom. The van der Waals surface area contributed by atoms with Crippen LogP contribution in [-0.4, -0.2) is 28.7 Å². The van der Waals surface area contributed by atoms with Crippen molar-refractivity contribution in [1.29, 1.82) is 0 Å². The number of nitrogens with one attached hydrogen (secondary N) is 1. The van der Waals surface area contributed by atoms with Crippen LogP contribution in [0.5, 0.6) is 0 Å². The zero-order valence-electron chi connectivity index (χ0n) is 14.6. The van der Waals surface area contributed by atoms with Crippen LogP contribution in [0.4, 0.5) is 0 Å². The number of benzene rings is 1. The molecule has 1 aromatic carbocycles. The number of rotatable bonds is 4. The zero-order chi connectivity index (χ0) is 18.0. The monoisotopic (exact) mass is 342 g/mol. The van der Waals surface area contributed by atoms with Gasteiger partial charge in [0.2, 0.25) is 5.76 Å². The van der Waals surface area contributed by atoms with Gasteiger partial charge in [0.05, 0.1) is 5.92 Å². The Morgan fingerprint density at radius 1 is 1.20 bits per heavy atom. The SMILES string of the molecule is CC(C)(C)OC(=O)C1CC(NC(=O)c2cc(-c3ccccc3)no2)C1. The summed E-state index contributed by atoms with van der Waals surface area (Å²) in [7, 11) is 0. The Kier molecular flexibility index (Phi) is 4.61. The summed E-state index contributed by atoms with van der Waals surface area (Å²) in [6.07, 6.45) is 1.17. The molecule has 1 saturated carbocycles. The van der Waals surface area contributed by atoms with E-state index in [4.69, 9.17) is 9.26 Å². The lowest BCUT2D eigenvalue weighted by Crippen LogP contribution is -2.48. The third-order valence-electron chi connectivity index (χ3n) is 4.02. The maximum Gasteiger partial charge on any atom is 0.309 e. The number of ether oxygens (including phenoxy) is 1. The summed E-state index contributed by atoms with van der Waals surface area (Å²) in [4.78, 5) is 24.2. The number of carbonyl (C=O) groups excluding carboxylic acids is 2. The fourth-order valence-electron chi connectivity index (χ4n) is 2.70. The summed E-state index contributed by atoms with van der Waals surface area (Å²) >= 11 is 0. The summed E-state index contributed by atoms with van der Waals surface area (Å²) < 4.78 is 10.5. The van der Waals surface area contributed by atoms with Crippen molar-refractivity contribution >= 4 is 11.9 Å². The summed E-state index contributed by atoms with van der Waals surface area (Å²) in [5.41, 5.74) is 1.02. The van der Waals surface area contributed by atoms with Gasteiger partial charge in [0.25, 0.3) is 5.91 Å². The van der Waals surface area contributed by atoms with E-state index < -0.39 is 5.60 Å². The average Bonchev–Trinajstić information content (AvgIpc) is 2.99. The summed E-state index contributed by atoms with van der Waals surface area (Å²) in [6.45, 7) is 5.53. The standard InChI is InChI=1S/C19H22N2O4/c1-19(2,3)24-18(23)13-9-14(10-13)20-17(22)16-11-15(21-25-16)12-7-5-4-6-8-12/h4-8,11,13-14H,9-10H2,1-3H3,(H,20,22). The molecular formula is C19H22N2O4. The Morgan fingerprint density at radius 2 is 1.88 bits per heavy atom. The third kappa shape index (κ3) is 4.26. The highest BCUT2D eigenvalue weighted by atomic mass is 16.6. The second-order valence-electron chi connectivity index (χ2n) is 7.31. The van der Waals surface area contributed by atoms with Crippen molar-refractivity contribution in [1.82, 2.24) is 10.5 Å². The summed E-state index contributed by atoms with van der Waals surface area (Å²) in [5.74, 6) is -0.509. The van der Waals surface area contributed by atoms with Crippen LogP contribution in [0.3, 0.4) is 0 Å². The van der Waals surface area contributed by atoms with Gasteiger partial charge in [-0.25, -0.2) is 0 Å². The van der Waals surface area contributed by atoms with E-state index in [9.17, 15) is 9.59 Å². The van der Waals surface area contributed by atoms with Crippen LogP contribution in [0.15, 0.2) is 40.9 Å². The van der Waals surface area contributed by atoms with E-state index in [0.717, 1.165) is 5.56 Å². The van der Waals surface area contributed by atoms with E-state index in [0.29, 0.717) is 18.5 Å². The van der Waals surface area contributed by atoms with E-state index in [1.807, 2.05) is 51.1 Å². The molecule has 2 aromatic rings. The van der Waals surface area contributed by atoms with E-state index in [-0.39, 0.29) is 29.6 Å². The van der Waals surface area contributed by atoms with Crippen molar-refractivity contribution in [2.45, 2.75) is 45.3 Å². The van der Waals surface area contributed by atoms with E-state index in [2.05, 4.69) is 10.5 Å². The van der Waals surface area contributed by atoms with Gasteiger partial charge in [-0.3, -0.25) is 9.59 Å². The third-order valence-corrected chi connectivity index (χ3v) is 4.02. The van der Waals surface area contributed by atoms with Crippen LogP contribution in [0.2, 0.25) is 0 Å². The minimum atomic E-state index is -0.487. The molecule has 1 aromatic heterocycles. The Hall–Kier alpha value is -2.63. The lowest BCUT2D eigenvalue weighted by atomic mass is 9.80. The molecule has 1 amide bonds. The van der Waals surface area contributed by atoms with Crippen LogP contribution in [0.1, 0.15) is 44.2 Å². The normalized spacial score (nSPS) is 19.8. The molecule has 0 radical (unpaired) electrons. The lowest BCUT2D eigenvalue weighted by molar-refractivity contribution is -0.163. The molecule has 0 spiro atoms. The van der Waals surface area contributed by atoms with Gasteiger partial charge >= 0.3 is 5.97 Å². The van der Waals surface area contributed by atoms with Gasteiger partial charge in [0.1, 0.15) is 11.3 Å². The highest BCUT2D eigenvalue weighted by Crippen LogP contribution is 2.30. The van der Waals surface area contributed by atoms with Crippen molar-refractivity contribution in [3.63, 3.8) is 0 Å². The molecule has 1 fully saturated rings. The molecule has 6 heteroatoms. The van der Waals surface area contributed by atoms with Crippen LogP contribution in [0.25, 0.3) is 11.3 Å². The first-order valence-electron chi connectivity index (χ1n) is 8.38. The Labute approximate surface area is 146 Å². The second kappa shape index (κ2) is 6.70. The predicted molar refractivity (Wildman–Crippen MR) is 91.8 cm³/mol. The number of carbonyl (C=O) groups is 2. The first-order valence-corrected chi connectivity index (χ1v) is 8.38. The number of hydrogen-bond donors (Lipinski definition) is 1. The van der Waals surface area contributed by atoms with Crippen LogP contribution >= 0.6 is 0 Å². The molecule has 0 unspecified atom stereocenters. The topological polar surface area (TPSA) is 81.4 Å². The summed E-state index contributed by atoms with van der Waals surface area (Å²) in [6, 6.07) is 11.1. The van der Waals surface area contributed by atoms with Crippen LogP contribution < -0.4 is 5.32 Å². The largest absolute Gasteiger partial charge is 0.460 e. The fraction of sp³-hybridized carbons (Fsp3) is 0.421. The molecule has 0 atom stereocenters. The van der Waals surface area contributed by atoms with Gasteiger partial charge < -0.3 is 14.6 Å². The van der Waals surface area contributed by atoms with Gasteiger partial charge in [0.15, 0.2) is 0 Å². The number of esters is 1. The first kappa shape index (κ1) is 17.2. The maximum absolute atomic E-state index is 12.2. The van der Waals surface area contributed by atoms with Gasteiger partial charge in [-0.1, -0.05) is 35.5 Å². The van der Waals surface area contributed by atoms with Crippen molar-refractivity contribution in [3.05, 3.63) is 42.2 Å². The maximum atomic E-state index is 12.2. The van der Waals surface area contributed by atoms with Gasteiger partial charge in [-0.05, 0) is 33.6 Å². The molecule has 132 valence electrons. The van der Waals surface area contributed by atoms with Crippen LogP contribution in [0, 0.1) is 5.92 Å². The summed E-state index contributed by atoms with van der Waals surface area (Å²) in [5, 5.41) is 6.80. The molecule has 0 aliphatic heterocycles. The molecule has 3 rings (SSSR count). The quantitative estimate of drug-likeness (QED) is 0.863. The van der Waals surface area contributed by atoms with Crippen molar-refractivity contribution in [3.8, 4) is 11.3 Å². The van der Waals surface area contributed by atoms with Crippen molar-refractivity contribution in [2.75, 3.05) is 0 Å². The Balaban J connectivity index is 1.51.